The topological polar surface area (TPSA) is 130 Å². The van der Waals surface area contributed by atoms with Crippen molar-refractivity contribution >= 4 is 49.1 Å². The molecule has 212 valence electrons. The van der Waals surface area contributed by atoms with Gasteiger partial charge >= 0.3 is 0 Å². The van der Waals surface area contributed by atoms with Gasteiger partial charge in [-0.25, -0.2) is 8.42 Å². The lowest BCUT2D eigenvalue weighted by Crippen LogP contribution is -2.53. The van der Waals surface area contributed by atoms with Crippen LogP contribution < -0.4 is 9.62 Å². The van der Waals surface area contributed by atoms with E-state index in [2.05, 4.69) is 21.2 Å². The number of nitrogens with one attached hydrogen (secondary N) is 1. The minimum atomic E-state index is -4.05. The maximum absolute atomic E-state index is 14.0. The minimum Gasteiger partial charge on any atom is -0.355 e. The molecule has 0 radical (unpaired) electrons. The number of halogens is 1. The van der Waals surface area contributed by atoms with Crippen LogP contribution in [0.15, 0.2) is 77.3 Å². The van der Waals surface area contributed by atoms with Crippen molar-refractivity contribution < 1.29 is 22.9 Å². The Morgan fingerprint density at radius 3 is 2.30 bits per heavy atom. The van der Waals surface area contributed by atoms with Crippen LogP contribution in [0, 0.1) is 17.0 Å². The normalized spacial score (nSPS) is 11.9. The molecule has 3 rings (SSSR count). The number of nitro groups is 1. The molecular formula is C28H31BrN4O6S. The van der Waals surface area contributed by atoms with Crippen LogP contribution in [0.3, 0.4) is 0 Å². The Balaban J connectivity index is 2.09. The Morgan fingerprint density at radius 2 is 1.70 bits per heavy atom. The summed E-state index contributed by atoms with van der Waals surface area (Å²) in [6.07, 6.45) is 1.13. The first-order chi connectivity index (χ1) is 18.9. The maximum Gasteiger partial charge on any atom is 0.271 e. The Bertz CT molecular complexity index is 1480. The van der Waals surface area contributed by atoms with Crippen molar-refractivity contribution in [2.24, 2.45) is 0 Å². The fourth-order valence-corrected chi connectivity index (χ4v) is 5.60. The summed E-state index contributed by atoms with van der Waals surface area (Å²) in [5, 5.41) is 14.2. The number of aryl methyl sites for hydroxylation is 1. The first-order valence-electron chi connectivity index (χ1n) is 12.5. The van der Waals surface area contributed by atoms with Crippen LogP contribution in [0.5, 0.6) is 0 Å². The molecule has 0 unspecified atom stereocenters. The third-order valence-corrected chi connectivity index (χ3v) is 7.84. The van der Waals surface area contributed by atoms with E-state index < -0.39 is 33.4 Å². The number of nitrogens with zero attached hydrogens (tertiary/aromatic N) is 3. The molecule has 3 aromatic carbocycles. The zero-order valence-corrected chi connectivity index (χ0v) is 24.8. The van der Waals surface area contributed by atoms with Crippen LogP contribution >= 0.6 is 15.9 Å². The second kappa shape index (κ2) is 13.5. The summed E-state index contributed by atoms with van der Waals surface area (Å²) in [5.41, 5.74) is 1.69. The second-order valence-corrected chi connectivity index (χ2v) is 12.1. The van der Waals surface area contributed by atoms with Crippen molar-refractivity contribution in [2.45, 2.75) is 32.9 Å². The van der Waals surface area contributed by atoms with Crippen LogP contribution in [-0.4, -0.2) is 55.4 Å². The van der Waals surface area contributed by atoms with Gasteiger partial charge in [-0.1, -0.05) is 64.5 Å². The highest BCUT2D eigenvalue weighted by molar-refractivity contribution is 9.10. The van der Waals surface area contributed by atoms with E-state index in [1.54, 1.807) is 26.0 Å². The first-order valence-corrected chi connectivity index (χ1v) is 15.1. The Hall–Kier alpha value is -3.77. The summed E-state index contributed by atoms with van der Waals surface area (Å²) in [4.78, 5) is 39.5. The van der Waals surface area contributed by atoms with Gasteiger partial charge < -0.3 is 10.2 Å². The number of sulfonamides is 1. The molecule has 40 heavy (non-hydrogen) atoms. The zero-order valence-electron chi connectivity index (χ0n) is 22.4. The van der Waals surface area contributed by atoms with Crippen LogP contribution in [0.2, 0.25) is 0 Å². The number of carbonyl (C=O) groups excluding carboxylic acids is 2. The Labute approximate surface area is 242 Å². The number of rotatable bonds is 12. The third kappa shape index (κ3) is 8.12. The SMILES string of the molecule is CCNC(=O)[C@H](Cc1ccccc1)N(Cc1cccc(Br)c1)C(=O)CN(c1cc([N+](=O)[O-])ccc1C)S(C)(=O)=O. The van der Waals surface area contributed by atoms with E-state index in [0.717, 1.165) is 32.2 Å². The summed E-state index contributed by atoms with van der Waals surface area (Å²) < 4.78 is 27.5. The molecule has 10 nitrogen and oxygen atoms in total. The van der Waals surface area contributed by atoms with Crippen molar-refractivity contribution in [3.8, 4) is 0 Å². The molecule has 0 bridgehead atoms. The molecule has 0 spiro atoms. The van der Waals surface area contributed by atoms with Crippen molar-refractivity contribution in [3.05, 3.63) is 104 Å². The van der Waals surface area contributed by atoms with E-state index >= 15 is 0 Å². The summed E-state index contributed by atoms with van der Waals surface area (Å²) in [6.45, 7) is 3.09. The number of carbonyl (C=O) groups is 2. The predicted octanol–water partition coefficient (Wildman–Crippen LogP) is 4.21. The number of hydrogen-bond donors (Lipinski definition) is 1. The number of anilines is 1. The van der Waals surface area contributed by atoms with Crippen molar-refractivity contribution in [1.29, 1.82) is 0 Å². The molecule has 1 N–H and O–H groups in total. The summed E-state index contributed by atoms with van der Waals surface area (Å²) in [5.74, 6) is -1.02. The van der Waals surface area contributed by atoms with Crippen molar-refractivity contribution in [1.82, 2.24) is 10.2 Å². The van der Waals surface area contributed by atoms with E-state index in [-0.39, 0.29) is 30.2 Å². The molecular weight excluding hydrogens is 600 g/mol. The molecule has 0 aromatic heterocycles. The quantitative estimate of drug-likeness (QED) is 0.236. The van der Waals surface area contributed by atoms with Gasteiger partial charge in [-0.05, 0) is 42.7 Å². The monoisotopic (exact) mass is 630 g/mol. The highest BCUT2D eigenvalue weighted by Crippen LogP contribution is 2.28. The number of non-ortho nitro benzene ring substituents is 1. The van der Waals surface area contributed by atoms with Gasteiger partial charge in [-0.2, -0.15) is 0 Å². The molecule has 0 aliphatic rings. The van der Waals surface area contributed by atoms with Gasteiger partial charge in [0.25, 0.3) is 5.69 Å². The molecule has 0 aliphatic carbocycles. The van der Waals surface area contributed by atoms with Crippen molar-refractivity contribution in [3.63, 3.8) is 0 Å². The summed E-state index contributed by atoms with van der Waals surface area (Å²) in [7, 11) is -4.05. The first kappa shape index (κ1) is 30.8. The van der Waals surface area contributed by atoms with Crippen molar-refractivity contribution in [2.75, 3.05) is 23.7 Å². The van der Waals surface area contributed by atoms with E-state index in [0.29, 0.717) is 12.1 Å². The molecule has 0 saturated heterocycles. The van der Waals surface area contributed by atoms with Gasteiger partial charge in [0.05, 0.1) is 16.9 Å². The number of hydrogen-bond acceptors (Lipinski definition) is 6. The van der Waals surface area contributed by atoms with Gasteiger partial charge in [0.15, 0.2) is 0 Å². The molecule has 0 aliphatic heterocycles. The Kier molecular flexibility index (Phi) is 10.4. The fraction of sp³-hybridized carbons (Fsp3) is 0.286. The molecule has 2 amide bonds. The van der Waals surface area contributed by atoms with E-state index in [4.69, 9.17) is 0 Å². The molecule has 0 fully saturated rings. The Morgan fingerprint density at radius 1 is 1.02 bits per heavy atom. The summed E-state index contributed by atoms with van der Waals surface area (Å²) in [6, 6.07) is 19.4. The van der Waals surface area contributed by atoms with Gasteiger partial charge in [0, 0.05) is 36.1 Å². The second-order valence-electron chi connectivity index (χ2n) is 9.25. The van der Waals surface area contributed by atoms with Gasteiger partial charge in [-0.3, -0.25) is 24.0 Å². The van der Waals surface area contributed by atoms with Crippen LogP contribution in [-0.2, 0) is 32.6 Å². The van der Waals surface area contributed by atoms with Crippen LogP contribution in [0.1, 0.15) is 23.6 Å². The fourth-order valence-electron chi connectivity index (χ4n) is 4.25. The molecule has 1 atom stereocenters. The van der Waals surface area contributed by atoms with Gasteiger partial charge in [0.1, 0.15) is 12.6 Å². The highest BCUT2D eigenvalue weighted by Gasteiger charge is 2.33. The minimum absolute atomic E-state index is 0.0186. The molecule has 0 saturated carbocycles. The zero-order chi connectivity index (χ0) is 29.4. The van der Waals surface area contributed by atoms with E-state index in [1.807, 2.05) is 42.5 Å². The molecule has 3 aromatic rings. The third-order valence-electron chi connectivity index (χ3n) is 6.22. The number of benzene rings is 3. The van der Waals surface area contributed by atoms with Gasteiger partial charge in [-0.15, -0.1) is 0 Å². The van der Waals surface area contributed by atoms with Gasteiger partial charge in [0.2, 0.25) is 21.8 Å². The lowest BCUT2D eigenvalue weighted by atomic mass is 10.0. The lowest BCUT2D eigenvalue weighted by Gasteiger charge is -2.33. The smallest absolute Gasteiger partial charge is 0.271 e. The van der Waals surface area contributed by atoms with E-state index in [1.165, 1.54) is 17.0 Å². The summed E-state index contributed by atoms with van der Waals surface area (Å²) >= 11 is 3.43. The largest absolute Gasteiger partial charge is 0.355 e. The average molecular weight is 632 g/mol. The van der Waals surface area contributed by atoms with Crippen LogP contribution in [0.4, 0.5) is 11.4 Å². The average Bonchev–Trinajstić information content (AvgIpc) is 2.89. The number of amides is 2. The highest BCUT2D eigenvalue weighted by atomic mass is 79.9. The number of likely N-dealkylation sites (N-methyl/N-ethyl adjacent to an activating group) is 1. The van der Waals surface area contributed by atoms with Crippen LogP contribution in [0.25, 0.3) is 0 Å². The standard InChI is InChI=1S/C28H31BrN4O6S/c1-4-30-28(35)26(16-21-9-6-5-7-10-21)31(18-22-11-8-12-23(29)15-22)27(34)19-32(40(3,38)39)25-17-24(33(36)37)14-13-20(25)2/h5-15,17,26H,4,16,18-19H2,1-3H3,(H,30,35)/t26-/m0/s1. The lowest BCUT2D eigenvalue weighted by molar-refractivity contribution is -0.384. The molecule has 12 heteroatoms. The van der Waals surface area contributed by atoms with E-state index in [9.17, 15) is 28.1 Å². The molecule has 0 heterocycles. The predicted molar refractivity (Wildman–Crippen MR) is 157 cm³/mol. The maximum atomic E-state index is 14.0. The number of nitro benzene ring substituents is 1.